The normalized spacial score (nSPS) is 11.9. The standard InChI is InChI=1S/C10H9ClN2O3S/c1-13-5-9(17(12,15)16)10(14)7-4-6(11)2-3-8(7)13/h2-5H,1H3,(H2,12,15,16). The first kappa shape index (κ1) is 12.1. The van der Waals surface area contributed by atoms with Crippen LogP contribution in [-0.4, -0.2) is 13.0 Å². The Morgan fingerprint density at radius 1 is 1.35 bits per heavy atom. The zero-order valence-corrected chi connectivity index (χ0v) is 10.4. The summed E-state index contributed by atoms with van der Waals surface area (Å²) >= 11 is 5.78. The molecular formula is C10H9ClN2O3S. The SMILES string of the molecule is Cn1cc(S(N)(=O)=O)c(=O)c2cc(Cl)ccc21. The monoisotopic (exact) mass is 272 g/mol. The highest BCUT2D eigenvalue weighted by molar-refractivity contribution is 7.89. The van der Waals surface area contributed by atoms with E-state index < -0.39 is 20.3 Å². The lowest BCUT2D eigenvalue weighted by Gasteiger charge is -2.07. The zero-order valence-electron chi connectivity index (χ0n) is 8.84. The van der Waals surface area contributed by atoms with Gasteiger partial charge in [-0.05, 0) is 18.2 Å². The molecule has 0 aliphatic rings. The van der Waals surface area contributed by atoms with Crippen LogP contribution in [0.25, 0.3) is 10.9 Å². The van der Waals surface area contributed by atoms with Crippen LogP contribution in [0, 0.1) is 0 Å². The number of nitrogens with two attached hydrogens (primary N) is 1. The fourth-order valence-corrected chi connectivity index (χ4v) is 2.48. The molecule has 0 aliphatic heterocycles. The van der Waals surface area contributed by atoms with Crippen molar-refractivity contribution in [3.63, 3.8) is 0 Å². The number of hydrogen-bond donors (Lipinski definition) is 1. The highest BCUT2D eigenvalue weighted by Crippen LogP contribution is 2.17. The van der Waals surface area contributed by atoms with Crippen molar-refractivity contribution in [3.05, 3.63) is 39.6 Å². The van der Waals surface area contributed by atoms with Crippen LogP contribution in [0.5, 0.6) is 0 Å². The average Bonchev–Trinajstić information content (AvgIpc) is 2.21. The molecule has 90 valence electrons. The predicted octanol–water partition coefficient (Wildman–Crippen LogP) is 0.839. The van der Waals surface area contributed by atoms with Gasteiger partial charge in [-0.3, -0.25) is 4.79 Å². The number of rotatable bonds is 1. The number of fused-ring (bicyclic) bond motifs is 1. The van der Waals surface area contributed by atoms with E-state index in [1.807, 2.05) is 0 Å². The van der Waals surface area contributed by atoms with E-state index in [0.717, 1.165) is 0 Å². The molecule has 0 unspecified atom stereocenters. The van der Waals surface area contributed by atoms with Gasteiger partial charge in [0.05, 0.1) is 5.52 Å². The first-order valence-corrected chi connectivity index (χ1v) is 6.55. The Bertz CT molecular complexity index is 765. The first-order chi connectivity index (χ1) is 7.80. The number of halogens is 1. The molecule has 0 bridgehead atoms. The van der Waals surface area contributed by atoms with Crippen LogP contribution in [0.1, 0.15) is 0 Å². The summed E-state index contributed by atoms with van der Waals surface area (Å²) in [5.41, 5.74) is -0.0464. The van der Waals surface area contributed by atoms with E-state index in [2.05, 4.69) is 0 Å². The van der Waals surface area contributed by atoms with Crippen molar-refractivity contribution >= 4 is 32.5 Å². The number of sulfonamides is 1. The molecule has 17 heavy (non-hydrogen) atoms. The molecule has 2 N–H and O–H groups in total. The predicted molar refractivity (Wildman–Crippen MR) is 65.6 cm³/mol. The maximum Gasteiger partial charge on any atom is 0.243 e. The highest BCUT2D eigenvalue weighted by atomic mass is 35.5. The lowest BCUT2D eigenvalue weighted by Crippen LogP contribution is -2.23. The van der Waals surface area contributed by atoms with E-state index in [4.69, 9.17) is 16.7 Å². The third-order valence-electron chi connectivity index (χ3n) is 2.42. The van der Waals surface area contributed by atoms with Gasteiger partial charge in [0.25, 0.3) is 0 Å². The summed E-state index contributed by atoms with van der Waals surface area (Å²) in [6.07, 6.45) is 1.20. The molecule has 0 saturated carbocycles. The second kappa shape index (κ2) is 3.83. The van der Waals surface area contributed by atoms with Crippen LogP contribution >= 0.6 is 11.6 Å². The first-order valence-electron chi connectivity index (χ1n) is 4.62. The molecule has 0 aliphatic carbocycles. The van der Waals surface area contributed by atoms with Crippen LogP contribution in [-0.2, 0) is 17.1 Å². The number of benzene rings is 1. The van der Waals surface area contributed by atoms with Crippen molar-refractivity contribution in [2.45, 2.75) is 4.90 Å². The molecule has 0 fully saturated rings. The molecule has 1 aromatic carbocycles. The van der Waals surface area contributed by atoms with E-state index in [1.165, 1.54) is 16.8 Å². The van der Waals surface area contributed by atoms with Gasteiger partial charge in [-0.2, -0.15) is 0 Å². The molecule has 7 heteroatoms. The third kappa shape index (κ3) is 2.06. The summed E-state index contributed by atoms with van der Waals surface area (Å²) in [5.74, 6) is 0. The van der Waals surface area contributed by atoms with Crippen LogP contribution < -0.4 is 10.6 Å². The Hall–Kier alpha value is -1.37. The minimum Gasteiger partial charge on any atom is -0.349 e. The lowest BCUT2D eigenvalue weighted by molar-refractivity contribution is 0.596. The van der Waals surface area contributed by atoms with E-state index in [9.17, 15) is 13.2 Å². The topological polar surface area (TPSA) is 82.2 Å². The number of aromatic nitrogens is 1. The number of pyridine rings is 1. The summed E-state index contributed by atoms with van der Waals surface area (Å²) in [6.45, 7) is 0. The molecule has 0 spiro atoms. The zero-order chi connectivity index (χ0) is 12.8. The fraction of sp³-hybridized carbons (Fsp3) is 0.100. The van der Waals surface area contributed by atoms with Gasteiger partial charge in [0.15, 0.2) is 0 Å². The Morgan fingerprint density at radius 2 is 2.00 bits per heavy atom. The summed E-state index contributed by atoms with van der Waals surface area (Å²) in [5, 5.41) is 5.57. The summed E-state index contributed by atoms with van der Waals surface area (Å²) in [7, 11) is -2.41. The third-order valence-corrected chi connectivity index (χ3v) is 3.56. The number of primary sulfonamides is 1. The van der Waals surface area contributed by atoms with Crippen LogP contribution in [0.2, 0.25) is 5.02 Å². The molecule has 5 nitrogen and oxygen atoms in total. The summed E-state index contributed by atoms with van der Waals surface area (Å²) in [4.78, 5) is 11.5. The van der Waals surface area contributed by atoms with Crippen LogP contribution in [0.3, 0.4) is 0 Å². The van der Waals surface area contributed by atoms with Gasteiger partial charge < -0.3 is 4.57 Å². The smallest absolute Gasteiger partial charge is 0.243 e. The maximum atomic E-state index is 11.9. The minimum absolute atomic E-state index is 0.228. The Kier molecular flexibility index (Phi) is 2.73. The van der Waals surface area contributed by atoms with E-state index in [1.54, 1.807) is 19.2 Å². The van der Waals surface area contributed by atoms with Crippen molar-refractivity contribution in [2.75, 3.05) is 0 Å². The number of hydrogen-bond acceptors (Lipinski definition) is 3. The molecule has 1 aromatic heterocycles. The second-order valence-corrected chi connectivity index (χ2v) is 5.61. The summed E-state index contributed by atoms with van der Waals surface area (Å²) < 4.78 is 24.1. The van der Waals surface area contributed by atoms with Crippen molar-refractivity contribution in [1.29, 1.82) is 0 Å². The van der Waals surface area contributed by atoms with E-state index >= 15 is 0 Å². The molecule has 0 amide bonds. The molecule has 1 heterocycles. The Labute approximate surface area is 102 Å². The van der Waals surface area contributed by atoms with E-state index in [0.29, 0.717) is 10.5 Å². The molecule has 0 radical (unpaired) electrons. The lowest BCUT2D eigenvalue weighted by atomic mass is 10.2. The molecule has 2 rings (SSSR count). The van der Waals surface area contributed by atoms with Crippen molar-refractivity contribution < 1.29 is 8.42 Å². The quantitative estimate of drug-likeness (QED) is 0.835. The van der Waals surface area contributed by atoms with Gasteiger partial charge in [-0.15, -0.1) is 0 Å². The maximum absolute atomic E-state index is 11.9. The summed E-state index contributed by atoms with van der Waals surface area (Å²) in [6, 6.07) is 4.69. The van der Waals surface area contributed by atoms with E-state index in [-0.39, 0.29) is 5.39 Å². The van der Waals surface area contributed by atoms with Gasteiger partial charge in [-0.1, -0.05) is 11.6 Å². The van der Waals surface area contributed by atoms with Gasteiger partial charge in [0, 0.05) is 23.7 Å². The van der Waals surface area contributed by atoms with Crippen molar-refractivity contribution in [2.24, 2.45) is 12.2 Å². The number of nitrogens with zero attached hydrogens (tertiary/aromatic N) is 1. The molecular weight excluding hydrogens is 264 g/mol. The van der Waals surface area contributed by atoms with Gasteiger partial charge in [-0.25, -0.2) is 13.6 Å². The Balaban J connectivity index is 3.04. The van der Waals surface area contributed by atoms with Gasteiger partial charge >= 0.3 is 0 Å². The van der Waals surface area contributed by atoms with Crippen LogP contribution in [0.15, 0.2) is 34.1 Å². The second-order valence-electron chi connectivity index (χ2n) is 3.64. The largest absolute Gasteiger partial charge is 0.349 e. The van der Waals surface area contributed by atoms with Crippen LogP contribution in [0.4, 0.5) is 0 Å². The number of aryl methyl sites for hydroxylation is 1. The Morgan fingerprint density at radius 3 is 2.59 bits per heavy atom. The van der Waals surface area contributed by atoms with Crippen molar-refractivity contribution in [1.82, 2.24) is 4.57 Å². The van der Waals surface area contributed by atoms with Crippen molar-refractivity contribution in [3.8, 4) is 0 Å². The highest BCUT2D eigenvalue weighted by Gasteiger charge is 2.16. The molecule has 0 atom stereocenters. The van der Waals surface area contributed by atoms with Gasteiger partial charge in [0.2, 0.25) is 15.5 Å². The molecule has 2 aromatic rings. The average molecular weight is 273 g/mol. The minimum atomic E-state index is -4.04. The van der Waals surface area contributed by atoms with Gasteiger partial charge in [0.1, 0.15) is 4.90 Å². The molecule has 0 saturated heterocycles. The fourth-order valence-electron chi connectivity index (χ4n) is 1.64.